The molecular weight excluding hydrogens is 585 g/mol. The third kappa shape index (κ3) is 4.00. The molecule has 0 atom stereocenters. The second-order valence-corrected chi connectivity index (χ2v) is 12.6. The Kier molecular flexibility index (Phi) is 5.76. The van der Waals surface area contributed by atoms with Gasteiger partial charge in [0.2, 0.25) is 0 Å². The van der Waals surface area contributed by atoms with E-state index in [4.69, 9.17) is 4.42 Å². The van der Waals surface area contributed by atoms with Crippen LogP contribution in [0.4, 0.5) is 0 Å². The van der Waals surface area contributed by atoms with Crippen molar-refractivity contribution in [2.75, 3.05) is 0 Å². The van der Waals surface area contributed by atoms with E-state index in [-0.39, 0.29) is 0 Å². The Labute approximate surface area is 276 Å². The molecule has 2 heteroatoms. The van der Waals surface area contributed by atoms with E-state index >= 15 is 0 Å². The largest absolute Gasteiger partial charge is 0.507 e. The van der Waals surface area contributed by atoms with Crippen LogP contribution in [0.5, 0.6) is 5.75 Å². The number of rotatable bonds is 3. The lowest BCUT2D eigenvalue weighted by molar-refractivity contribution is 0.481. The van der Waals surface area contributed by atoms with E-state index in [1.165, 1.54) is 54.6 Å². The minimum atomic E-state index is 0.300. The van der Waals surface area contributed by atoms with Gasteiger partial charge in [-0.15, -0.1) is 0 Å². The van der Waals surface area contributed by atoms with E-state index in [1.807, 2.05) is 24.3 Å². The summed E-state index contributed by atoms with van der Waals surface area (Å²) in [7, 11) is 0. The highest BCUT2D eigenvalue weighted by atomic mass is 16.3. The number of phenols is 1. The second kappa shape index (κ2) is 10.3. The molecule has 10 rings (SSSR count). The standard InChI is InChI=1S/C46H28O2/c47-42-17-8-10-29-20-22-31(26-40(29)42)30-21-19-28-9-7-16-38(39(28)25-30)46-36-14-3-1-12-34(36)45(35-13-2-4-15-37(35)46)32-23-24-44-41(27-32)33-11-5-6-18-43(33)48-44/h1-27,47H. The highest BCUT2D eigenvalue weighted by Gasteiger charge is 2.19. The van der Waals surface area contributed by atoms with Gasteiger partial charge in [0.25, 0.3) is 0 Å². The Balaban J connectivity index is 1.25. The Morgan fingerprint density at radius 3 is 1.56 bits per heavy atom. The number of furan rings is 1. The summed E-state index contributed by atoms with van der Waals surface area (Å²) < 4.78 is 6.19. The van der Waals surface area contributed by atoms with Crippen LogP contribution in [0.1, 0.15) is 0 Å². The van der Waals surface area contributed by atoms with Gasteiger partial charge < -0.3 is 9.52 Å². The first-order valence-corrected chi connectivity index (χ1v) is 16.3. The monoisotopic (exact) mass is 612 g/mol. The number of fused-ring (bicyclic) bond motifs is 7. The fraction of sp³-hybridized carbons (Fsp3) is 0. The van der Waals surface area contributed by atoms with Crippen LogP contribution in [-0.2, 0) is 0 Å². The molecule has 2 nitrogen and oxygen atoms in total. The van der Waals surface area contributed by atoms with Crippen LogP contribution in [0.2, 0.25) is 0 Å². The molecule has 9 aromatic carbocycles. The normalized spacial score (nSPS) is 11.8. The first-order valence-electron chi connectivity index (χ1n) is 16.3. The number of benzene rings is 9. The summed E-state index contributed by atoms with van der Waals surface area (Å²) in [6.07, 6.45) is 0. The molecule has 0 bridgehead atoms. The number of para-hydroxylation sites is 1. The number of aromatic hydroxyl groups is 1. The summed E-state index contributed by atoms with van der Waals surface area (Å²) in [5.74, 6) is 0.300. The van der Waals surface area contributed by atoms with Gasteiger partial charge >= 0.3 is 0 Å². The molecule has 1 heterocycles. The highest BCUT2D eigenvalue weighted by molar-refractivity contribution is 6.24. The van der Waals surface area contributed by atoms with Gasteiger partial charge in [0.05, 0.1) is 0 Å². The molecule has 1 N–H and O–H groups in total. The van der Waals surface area contributed by atoms with Gasteiger partial charge in [0, 0.05) is 16.2 Å². The van der Waals surface area contributed by atoms with Crippen LogP contribution in [0, 0.1) is 0 Å². The number of phenolic OH excluding ortho intramolecular Hbond substituents is 1. The molecule has 0 unspecified atom stereocenters. The summed E-state index contributed by atoms with van der Waals surface area (Å²) >= 11 is 0. The number of hydrogen-bond acceptors (Lipinski definition) is 2. The molecular formula is C46H28O2. The lowest BCUT2D eigenvalue weighted by Gasteiger charge is -2.19. The molecule has 10 aromatic rings. The molecule has 224 valence electrons. The van der Waals surface area contributed by atoms with Crippen LogP contribution < -0.4 is 0 Å². The SMILES string of the molecule is Oc1cccc2ccc(-c3ccc4cccc(-c5c6ccccc6c(-c6ccc7oc8ccccc8c7c6)c6ccccc56)c4c3)cc12. The third-order valence-corrected chi connectivity index (χ3v) is 9.94. The average Bonchev–Trinajstić information content (AvgIpc) is 3.51. The number of hydrogen-bond donors (Lipinski definition) is 1. The van der Waals surface area contributed by atoms with Crippen LogP contribution in [0.15, 0.2) is 168 Å². The van der Waals surface area contributed by atoms with Gasteiger partial charge in [-0.25, -0.2) is 0 Å². The van der Waals surface area contributed by atoms with E-state index in [2.05, 4.69) is 133 Å². The maximum absolute atomic E-state index is 10.6. The maximum Gasteiger partial charge on any atom is 0.135 e. The quantitative estimate of drug-likeness (QED) is 0.201. The lowest BCUT2D eigenvalue weighted by Crippen LogP contribution is -1.92. The smallest absolute Gasteiger partial charge is 0.135 e. The zero-order valence-electron chi connectivity index (χ0n) is 25.9. The molecule has 0 aliphatic heterocycles. The topological polar surface area (TPSA) is 33.4 Å². The van der Waals surface area contributed by atoms with Crippen molar-refractivity contribution in [3.63, 3.8) is 0 Å². The molecule has 0 spiro atoms. The van der Waals surface area contributed by atoms with Crippen LogP contribution in [0.3, 0.4) is 0 Å². The van der Waals surface area contributed by atoms with E-state index in [0.717, 1.165) is 43.8 Å². The van der Waals surface area contributed by atoms with Gasteiger partial charge in [-0.05, 0) is 107 Å². The molecule has 0 aliphatic rings. The minimum absolute atomic E-state index is 0.300. The summed E-state index contributed by atoms with van der Waals surface area (Å²) in [6, 6.07) is 57.8. The van der Waals surface area contributed by atoms with Crippen LogP contribution in [0.25, 0.3) is 98.4 Å². The molecule has 0 aliphatic carbocycles. The molecule has 0 saturated carbocycles. The fourth-order valence-corrected chi connectivity index (χ4v) is 7.72. The minimum Gasteiger partial charge on any atom is -0.507 e. The molecule has 0 amide bonds. The molecule has 0 radical (unpaired) electrons. The van der Waals surface area contributed by atoms with Crippen molar-refractivity contribution in [3.8, 4) is 39.1 Å². The molecule has 48 heavy (non-hydrogen) atoms. The summed E-state index contributed by atoms with van der Waals surface area (Å²) in [6.45, 7) is 0. The lowest BCUT2D eigenvalue weighted by atomic mass is 9.84. The molecule has 0 fully saturated rings. The second-order valence-electron chi connectivity index (χ2n) is 12.6. The van der Waals surface area contributed by atoms with Gasteiger partial charge in [-0.2, -0.15) is 0 Å². The molecule has 1 aromatic heterocycles. The predicted molar refractivity (Wildman–Crippen MR) is 202 cm³/mol. The Bertz CT molecular complexity index is 2850. The summed E-state index contributed by atoms with van der Waals surface area (Å²) in [4.78, 5) is 0. The van der Waals surface area contributed by atoms with Crippen LogP contribution in [-0.4, -0.2) is 5.11 Å². The van der Waals surface area contributed by atoms with Crippen LogP contribution >= 0.6 is 0 Å². The first kappa shape index (κ1) is 26.8. The third-order valence-electron chi connectivity index (χ3n) is 9.94. The molecule has 0 saturated heterocycles. The van der Waals surface area contributed by atoms with Gasteiger partial charge in [-0.3, -0.25) is 0 Å². The average molecular weight is 613 g/mol. The zero-order chi connectivity index (χ0) is 31.8. The van der Waals surface area contributed by atoms with Gasteiger partial charge in [0.1, 0.15) is 16.9 Å². The Hall–Kier alpha value is -6.38. The fourth-order valence-electron chi connectivity index (χ4n) is 7.72. The van der Waals surface area contributed by atoms with E-state index in [9.17, 15) is 5.11 Å². The van der Waals surface area contributed by atoms with Crippen molar-refractivity contribution in [2.24, 2.45) is 0 Å². The Morgan fingerprint density at radius 1 is 0.333 bits per heavy atom. The van der Waals surface area contributed by atoms with E-state index in [1.54, 1.807) is 6.07 Å². The van der Waals surface area contributed by atoms with Gasteiger partial charge in [0.15, 0.2) is 0 Å². The van der Waals surface area contributed by atoms with Crippen molar-refractivity contribution < 1.29 is 9.52 Å². The van der Waals surface area contributed by atoms with Gasteiger partial charge in [-0.1, -0.05) is 127 Å². The Morgan fingerprint density at radius 2 is 0.854 bits per heavy atom. The summed E-state index contributed by atoms with van der Waals surface area (Å²) in [5, 5.41) is 22.0. The zero-order valence-corrected chi connectivity index (χ0v) is 25.9. The predicted octanol–water partition coefficient (Wildman–Crippen LogP) is 12.9. The van der Waals surface area contributed by atoms with Crippen molar-refractivity contribution >= 4 is 65.0 Å². The van der Waals surface area contributed by atoms with Crippen molar-refractivity contribution in [2.45, 2.75) is 0 Å². The van der Waals surface area contributed by atoms with E-state index in [0.29, 0.717) is 5.75 Å². The van der Waals surface area contributed by atoms with E-state index < -0.39 is 0 Å². The van der Waals surface area contributed by atoms with Crippen molar-refractivity contribution in [1.82, 2.24) is 0 Å². The first-order chi connectivity index (χ1) is 23.7. The summed E-state index contributed by atoms with van der Waals surface area (Å²) in [5.41, 5.74) is 8.84. The van der Waals surface area contributed by atoms with Crippen molar-refractivity contribution in [3.05, 3.63) is 164 Å². The van der Waals surface area contributed by atoms with Crippen molar-refractivity contribution in [1.29, 1.82) is 0 Å². The maximum atomic E-state index is 10.6. The highest BCUT2D eigenvalue weighted by Crippen LogP contribution is 2.46.